The van der Waals surface area contributed by atoms with E-state index >= 15 is 0 Å². The smallest absolute Gasteiger partial charge is 0.137 e. The molecule has 12 heavy (non-hydrogen) atoms. The molecular weight excluding hydrogens is 223 g/mol. The first-order chi connectivity index (χ1) is 5.65. The molecule has 0 radical (unpaired) electrons. The summed E-state index contributed by atoms with van der Waals surface area (Å²) in [6.45, 7) is 0.359. The lowest BCUT2D eigenvalue weighted by molar-refractivity contribution is 0.618. The quantitative estimate of drug-likeness (QED) is 0.814. The van der Waals surface area contributed by atoms with Crippen LogP contribution in [0, 0.1) is 5.82 Å². The van der Waals surface area contributed by atoms with Crippen LogP contribution in [0.4, 0.5) is 4.39 Å². The standard InChI is InChI=1S/C8H10BrFN2/c9-6-3-5(8(12)4-11)1-2-7(6)10/h1-3,8H,4,11-12H2/t8-/m1/s1. The van der Waals surface area contributed by atoms with Crippen LogP contribution in [-0.4, -0.2) is 6.54 Å². The van der Waals surface area contributed by atoms with Crippen LogP contribution in [0.25, 0.3) is 0 Å². The molecule has 2 nitrogen and oxygen atoms in total. The number of rotatable bonds is 2. The molecule has 0 spiro atoms. The lowest BCUT2D eigenvalue weighted by atomic mass is 10.1. The van der Waals surface area contributed by atoms with Gasteiger partial charge in [-0.3, -0.25) is 0 Å². The molecule has 0 bridgehead atoms. The predicted molar refractivity (Wildman–Crippen MR) is 50.1 cm³/mol. The monoisotopic (exact) mass is 232 g/mol. The van der Waals surface area contributed by atoms with Crippen LogP contribution in [0.5, 0.6) is 0 Å². The molecule has 0 aromatic heterocycles. The van der Waals surface area contributed by atoms with Crippen molar-refractivity contribution in [1.82, 2.24) is 0 Å². The van der Waals surface area contributed by atoms with Crippen LogP contribution in [-0.2, 0) is 0 Å². The minimum atomic E-state index is -0.289. The van der Waals surface area contributed by atoms with E-state index in [4.69, 9.17) is 11.5 Å². The SMILES string of the molecule is NC[C@@H](N)c1ccc(F)c(Br)c1. The summed E-state index contributed by atoms with van der Waals surface area (Å²) in [6.07, 6.45) is 0. The summed E-state index contributed by atoms with van der Waals surface area (Å²) < 4.78 is 13.2. The molecule has 1 atom stereocenters. The molecule has 0 amide bonds. The molecular formula is C8H10BrFN2. The van der Waals surface area contributed by atoms with Crippen molar-refractivity contribution in [3.63, 3.8) is 0 Å². The van der Waals surface area contributed by atoms with E-state index < -0.39 is 0 Å². The van der Waals surface area contributed by atoms with E-state index in [9.17, 15) is 4.39 Å². The molecule has 0 aliphatic carbocycles. The zero-order valence-corrected chi connectivity index (χ0v) is 8.01. The molecule has 0 aliphatic heterocycles. The Morgan fingerprint density at radius 3 is 2.67 bits per heavy atom. The lowest BCUT2D eigenvalue weighted by Crippen LogP contribution is -2.20. The van der Waals surface area contributed by atoms with Gasteiger partial charge >= 0.3 is 0 Å². The third kappa shape index (κ3) is 2.03. The molecule has 1 aromatic rings. The van der Waals surface area contributed by atoms with Crippen molar-refractivity contribution in [2.75, 3.05) is 6.54 Å². The molecule has 0 unspecified atom stereocenters. The Kier molecular flexibility index (Phi) is 3.20. The zero-order chi connectivity index (χ0) is 9.14. The van der Waals surface area contributed by atoms with Gasteiger partial charge in [0.05, 0.1) is 4.47 Å². The van der Waals surface area contributed by atoms with Gasteiger partial charge in [-0.25, -0.2) is 4.39 Å². The molecule has 0 saturated heterocycles. The number of nitrogens with two attached hydrogens (primary N) is 2. The minimum Gasteiger partial charge on any atom is -0.329 e. The van der Waals surface area contributed by atoms with Crippen LogP contribution >= 0.6 is 15.9 Å². The molecule has 0 aliphatic rings. The van der Waals surface area contributed by atoms with Crippen molar-refractivity contribution < 1.29 is 4.39 Å². The second-order valence-corrected chi connectivity index (χ2v) is 3.37. The number of halogens is 2. The minimum absolute atomic E-state index is 0.220. The summed E-state index contributed by atoms with van der Waals surface area (Å²) in [5.41, 5.74) is 11.8. The second-order valence-electron chi connectivity index (χ2n) is 2.52. The Labute approximate surface area is 78.9 Å². The van der Waals surface area contributed by atoms with Gasteiger partial charge in [0, 0.05) is 12.6 Å². The van der Waals surface area contributed by atoms with Crippen LogP contribution in [0.15, 0.2) is 22.7 Å². The van der Waals surface area contributed by atoms with Gasteiger partial charge in [0.15, 0.2) is 0 Å². The first-order valence-corrected chi connectivity index (χ1v) is 4.35. The zero-order valence-electron chi connectivity index (χ0n) is 6.43. The van der Waals surface area contributed by atoms with E-state index in [1.54, 1.807) is 12.1 Å². The molecule has 1 rings (SSSR count). The van der Waals surface area contributed by atoms with Crippen LogP contribution in [0.1, 0.15) is 11.6 Å². The van der Waals surface area contributed by atoms with Crippen molar-refractivity contribution in [3.05, 3.63) is 34.1 Å². The van der Waals surface area contributed by atoms with E-state index in [2.05, 4.69) is 15.9 Å². The van der Waals surface area contributed by atoms with Crippen molar-refractivity contribution in [3.8, 4) is 0 Å². The molecule has 0 heterocycles. The van der Waals surface area contributed by atoms with E-state index in [-0.39, 0.29) is 11.9 Å². The first-order valence-electron chi connectivity index (χ1n) is 3.55. The third-order valence-corrected chi connectivity index (χ3v) is 2.23. The third-order valence-electron chi connectivity index (χ3n) is 1.63. The van der Waals surface area contributed by atoms with Crippen molar-refractivity contribution in [1.29, 1.82) is 0 Å². The predicted octanol–water partition coefficient (Wildman–Crippen LogP) is 1.55. The van der Waals surface area contributed by atoms with Crippen molar-refractivity contribution >= 4 is 15.9 Å². The Bertz CT molecular complexity index is 278. The summed E-state index contributed by atoms with van der Waals surface area (Å²) in [4.78, 5) is 0. The lowest BCUT2D eigenvalue weighted by Gasteiger charge is -2.08. The normalized spacial score (nSPS) is 13.0. The highest BCUT2D eigenvalue weighted by Gasteiger charge is 2.05. The van der Waals surface area contributed by atoms with Crippen LogP contribution in [0.2, 0.25) is 0 Å². The van der Waals surface area contributed by atoms with Crippen LogP contribution < -0.4 is 11.5 Å². The molecule has 1 aromatic carbocycles. The maximum Gasteiger partial charge on any atom is 0.137 e. The topological polar surface area (TPSA) is 52.0 Å². The molecule has 4 heteroatoms. The number of hydrogen-bond donors (Lipinski definition) is 2. The highest BCUT2D eigenvalue weighted by Crippen LogP contribution is 2.19. The molecule has 4 N–H and O–H groups in total. The molecule has 0 fully saturated rings. The summed E-state index contributed by atoms with van der Waals surface area (Å²) in [7, 11) is 0. The van der Waals surface area contributed by atoms with E-state index in [1.165, 1.54) is 6.07 Å². The molecule has 0 saturated carbocycles. The maximum absolute atomic E-state index is 12.7. The largest absolute Gasteiger partial charge is 0.329 e. The fourth-order valence-electron chi connectivity index (χ4n) is 0.879. The fourth-order valence-corrected chi connectivity index (χ4v) is 1.28. The first kappa shape index (κ1) is 9.64. The Balaban J connectivity index is 2.96. The van der Waals surface area contributed by atoms with Gasteiger partial charge in [0.25, 0.3) is 0 Å². The number of benzene rings is 1. The number of hydrogen-bond acceptors (Lipinski definition) is 2. The van der Waals surface area contributed by atoms with Gasteiger partial charge in [-0.05, 0) is 33.6 Å². The maximum atomic E-state index is 12.7. The Hall–Kier alpha value is -0.450. The van der Waals surface area contributed by atoms with Crippen LogP contribution in [0.3, 0.4) is 0 Å². The Morgan fingerprint density at radius 2 is 2.17 bits per heavy atom. The second kappa shape index (κ2) is 3.98. The van der Waals surface area contributed by atoms with Crippen molar-refractivity contribution in [2.24, 2.45) is 11.5 Å². The van der Waals surface area contributed by atoms with E-state index in [1.807, 2.05) is 0 Å². The van der Waals surface area contributed by atoms with Gasteiger partial charge in [-0.2, -0.15) is 0 Å². The van der Waals surface area contributed by atoms with Gasteiger partial charge in [0.2, 0.25) is 0 Å². The summed E-state index contributed by atoms with van der Waals surface area (Å²) >= 11 is 3.07. The average molecular weight is 233 g/mol. The summed E-state index contributed by atoms with van der Waals surface area (Å²) in [5.74, 6) is -0.289. The fraction of sp³-hybridized carbons (Fsp3) is 0.250. The van der Waals surface area contributed by atoms with E-state index in [0.29, 0.717) is 11.0 Å². The highest BCUT2D eigenvalue weighted by molar-refractivity contribution is 9.10. The van der Waals surface area contributed by atoms with Gasteiger partial charge in [-0.15, -0.1) is 0 Å². The summed E-state index contributed by atoms with van der Waals surface area (Å²) in [5, 5.41) is 0. The van der Waals surface area contributed by atoms with Gasteiger partial charge < -0.3 is 11.5 Å². The van der Waals surface area contributed by atoms with E-state index in [0.717, 1.165) is 5.56 Å². The van der Waals surface area contributed by atoms with Crippen molar-refractivity contribution in [2.45, 2.75) is 6.04 Å². The average Bonchev–Trinajstić information content (AvgIpc) is 2.08. The molecule has 66 valence electrons. The highest BCUT2D eigenvalue weighted by atomic mass is 79.9. The Morgan fingerprint density at radius 1 is 1.50 bits per heavy atom. The summed E-state index contributed by atoms with van der Waals surface area (Å²) in [6, 6.07) is 4.43. The van der Waals surface area contributed by atoms with Gasteiger partial charge in [0.1, 0.15) is 5.82 Å². The van der Waals surface area contributed by atoms with Gasteiger partial charge in [-0.1, -0.05) is 6.07 Å².